The summed E-state index contributed by atoms with van der Waals surface area (Å²) in [5.41, 5.74) is 2.81. The Morgan fingerprint density at radius 1 is 1.19 bits per heavy atom. The van der Waals surface area contributed by atoms with Crippen molar-refractivity contribution in [3.63, 3.8) is 0 Å². The Balaban J connectivity index is 2.28. The number of rotatable bonds is 4. The number of benzene rings is 2. The van der Waals surface area contributed by atoms with Crippen LogP contribution in [-0.4, -0.2) is 35.6 Å². The molecule has 0 aliphatic rings. The first-order valence-corrected chi connectivity index (χ1v) is 8.82. The van der Waals surface area contributed by atoms with Crippen molar-refractivity contribution in [2.24, 2.45) is 0 Å². The largest absolute Gasteiger partial charge is 0.497 e. The summed E-state index contributed by atoms with van der Waals surface area (Å²) in [6, 6.07) is 6.96. The molecule has 0 atom stereocenters. The van der Waals surface area contributed by atoms with Crippen LogP contribution in [0.5, 0.6) is 5.75 Å². The number of ether oxygens (including phenoxy) is 1. The number of anilines is 1. The molecule has 140 valence electrons. The number of carboxylic acid groups (broad SMARTS) is 1. The second-order valence-electron chi connectivity index (χ2n) is 5.47. The third kappa shape index (κ3) is 2.93. The van der Waals surface area contributed by atoms with Gasteiger partial charge in [0.1, 0.15) is 5.75 Å². The van der Waals surface area contributed by atoms with Gasteiger partial charge in [0, 0.05) is 11.8 Å². The Bertz CT molecular complexity index is 1310. The van der Waals surface area contributed by atoms with Gasteiger partial charge in [0.15, 0.2) is 0 Å². The minimum atomic E-state index is -4.62. The summed E-state index contributed by atoms with van der Waals surface area (Å²) in [5, 5.41) is 8.93. The lowest BCUT2D eigenvalue weighted by Gasteiger charge is -2.10. The topological polar surface area (TPSA) is 162 Å². The third-order valence-corrected chi connectivity index (χ3v) is 5.52. The fourth-order valence-corrected chi connectivity index (χ4v) is 3.83. The Labute approximate surface area is 151 Å². The number of carboxylic acids is 1. The molecule has 1 aromatic heterocycles. The van der Waals surface area contributed by atoms with Crippen LogP contribution < -0.4 is 21.7 Å². The van der Waals surface area contributed by atoms with Gasteiger partial charge in [-0.1, -0.05) is 0 Å². The van der Waals surface area contributed by atoms with Gasteiger partial charge in [-0.05, 0) is 30.3 Å². The van der Waals surface area contributed by atoms with E-state index in [0.717, 1.165) is 18.2 Å². The standard InChI is InChI=1S/C16H13N3O7S/c1-26-8-2-4-11-13(6-8)18-16(23)19(14(11)20)27(24,25)9-3-5-10(15(21)22)12(17)7-9/h2-7H,17H2,1H3,(H,18,23)(H,21,22). The Morgan fingerprint density at radius 3 is 2.48 bits per heavy atom. The van der Waals surface area contributed by atoms with E-state index >= 15 is 0 Å². The minimum Gasteiger partial charge on any atom is -0.497 e. The van der Waals surface area contributed by atoms with Crippen molar-refractivity contribution < 1.29 is 23.1 Å². The average molecular weight is 391 g/mol. The molecule has 0 fully saturated rings. The number of nitrogens with one attached hydrogen (secondary N) is 1. The van der Waals surface area contributed by atoms with Crippen LogP contribution in [0.1, 0.15) is 10.4 Å². The highest BCUT2D eigenvalue weighted by atomic mass is 32.2. The van der Waals surface area contributed by atoms with Gasteiger partial charge in [0.25, 0.3) is 15.6 Å². The number of hydrogen-bond acceptors (Lipinski definition) is 7. The monoisotopic (exact) mass is 391 g/mol. The summed E-state index contributed by atoms with van der Waals surface area (Å²) in [6.07, 6.45) is 0. The molecule has 1 heterocycles. The van der Waals surface area contributed by atoms with Gasteiger partial charge in [-0.2, -0.15) is 0 Å². The lowest BCUT2D eigenvalue weighted by Crippen LogP contribution is -2.40. The van der Waals surface area contributed by atoms with Crippen molar-refractivity contribution >= 4 is 32.6 Å². The molecule has 3 rings (SSSR count). The van der Waals surface area contributed by atoms with Gasteiger partial charge < -0.3 is 20.6 Å². The number of aromatic carboxylic acids is 1. The van der Waals surface area contributed by atoms with Crippen molar-refractivity contribution in [1.82, 2.24) is 8.96 Å². The quantitative estimate of drug-likeness (QED) is 0.532. The maximum Gasteiger partial charge on any atom is 0.343 e. The first-order valence-electron chi connectivity index (χ1n) is 7.38. The number of fused-ring (bicyclic) bond motifs is 1. The maximum atomic E-state index is 12.8. The van der Waals surface area contributed by atoms with Gasteiger partial charge in [0.2, 0.25) is 0 Å². The van der Waals surface area contributed by atoms with Crippen LogP contribution in [0.3, 0.4) is 0 Å². The van der Waals surface area contributed by atoms with Gasteiger partial charge in [0.05, 0.1) is 28.5 Å². The molecule has 11 heteroatoms. The molecule has 0 unspecified atom stereocenters. The molecule has 10 nitrogen and oxygen atoms in total. The molecule has 0 amide bonds. The Morgan fingerprint density at radius 2 is 1.89 bits per heavy atom. The van der Waals surface area contributed by atoms with Gasteiger partial charge in [-0.25, -0.2) is 18.0 Å². The second-order valence-corrected chi connectivity index (χ2v) is 7.26. The molecule has 27 heavy (non-hydrogen) atoms. The summed E-state index contributed by atoms with van der Waals surface area (Å²) in [4.78, 5) is 37.8. The second kappa shape index (κ2) is 6.29. The first kappa shape index (κ1) is 18.2. The number of hydrogen-bond donors (Lipinski definition) is 3. The van der Waals surface area contributed by atoms with Crippen LogP contribution in [0.2, 0.25) is 0 Å². The van der Waals surface area contributed by atoms with Gasteiger partial charge in [-0.15, -0.1) is 3.97 Å². The smallest absolute Gasteiger partial charge is 0.343 e. The van der Waals surface area contributed by atoms with Crippen molar-refractivity contribution in [2.75, 3.05) is 12.8 Å². The number of aromatic nitrogens is 2. The summed E-state index contributed by atoms with van der Waals surface area (Å²) >= 11 is 0. The molecular weight excluding hydrogens is 378 g/mol. The van der Waals surface area contributed by atoms with Crippen LogP contribution >= 0.6 is 0 Å². The van der Waals surface area contributed by atoms with E-state index in [9.17, 15) is 22.8 Å². The number of nitrogens with zero attached hydrogens (tertiary/aromatic N) is 1. The molecule has 0 saturated heterocycles. The van der Waals surface area contributed by atoms with E-state index in [2.05, 4.69) is 4.98 Å². The zero-order valence-corrected chi connectivity index (χ0v) is 14.6. The first-order chi connectivity index (χ1) is 12.7. The normalized spacial score (nSPS) is 11.4. The van der Waals surface area contributed by atoms with Crippen molar-refractivity contribution in [3.8, 4) is 5.75 Å². The fourth-order valence-electron chi connectivity index (χ4n) is 2.53. The lowest BCUT2D eigenvalue weighted by atomic mass is 10.2. The minimum absolute atomic E-state index is 0.0471. The maximum absolute atomic E-state index is 12.8. The van der Waals surface area contributed by atoms with E-state index in [4.69, 9.17) is 15.6 Å². The molecule has 3 aromatic rings. The number of H-pyrrole nitrogens is 1. The molecule has 0 aliphatic heterocycles. The molecule has 0 aliphatic carbocycles. The Hall–Kier alpha value is -3.60. The van der Waals surface area contributed by atoms with Crippen LogP contribution in [-0.2, 0) is 10.0 Å². The third-order valence-electron chi connectivity index (χ3n) is 3.86. The van der Waals surface area contributed by atoms with E-state index in [0.29, 0.717) is 5.75 Å². The van der Waals surface area contributed by atoms with E-state index in [1.54, 1.807) is 0 Å². The van der Waals surface area contributed by atoms with E-state index in [1.807, 2.05) is 0 Å². The van der Waals surface area contributed by atoms with Crippen molar-refractivity contribution in [2.45, 2.75) is 4.90 Å². The number of nitrogen functional groups attached to an aromatic ring is 1. The van der Waals surface area contributed by atoms with Crippen LogP contribution in [0.25, 0.3) is 10.9 Å². The molecule has 0 bridgehead atoms. The number of nitrogens with two attached hydrogens (primary N) is 1. The Kier molecular flexibility index (Phi) is 4.24. The lowest BCUT2D eigenvalue weighted by molar-refractivity contribution is 0.0698. The molecule has 0 radical (unpaired) electrons. The molecule has 0 spiro atoms. The zero-order chi connectivity index (χ0) is 19.9. The van der Waals surface area contributed by atoms with Crippen LogP contribution in [0.4, 0.5) is 5.69 Å². The van der Waals surface area contributed by atoms with Gasteiger partial charge >= 0.3 is 11.7 Å². The number of carbonyl (C=O) groups is 1. The van der Waals surface area contributed by atoms with E-state index in [1.165, 1.54) is 25.3 Å². The van der Waals surface area contributed by atoms with E-state index < -0.39 is 32.1 Å². The highest BCUT2D eigenvalue weighted by Gasteiger charge is 2.24. The van der Waals surface area contributed by atoms with Crippen LogP contribution in [0.15, 0.2) is 50.9 Å². The van der Waals surface area contributed by atoms with Crippen molar-refractivity contribution in [1.29, 1.82) is 0 Å². The molecular formula is C16H13N3O7S. The van der Waals surface area contributed by atoms with Crippen molar-refractivity contribution in [3.05, 3.63) is 62.8 Å². The van der Waals surface area contributed by atoms with Crippen LogP contribution in [0, 0.1) is 0 Å². The number of aromatic amines is 1. The summed E-state index contributed by atoms with van der Waals surface area (Å²) < 4.78 is 30.6. The summed E-state index contributed by atoms with van der Waals surface area (Å²) in [7, 11) is -3.22. The summed E-state index contributed by atoms with van der Waals surface area (Å²) in [6.45, 7) is 0. The predicted molar refractivity (Wildman–Crippen MR) is 95.8 cm³/mol. The molecule has 0 saturated carbocycles. The molecule has 4 N–H and O–H groups in total. The average Bonchev–Trinajstić information content (AvgIpc) is 2.60. The predicted octanol–water partition coefficient (Wildman–Crippen LogP) is 0.216. The highest BCUT2D eigenvalue weighted by molar-refractivity contribution is 7.90. The van der Waals surface area contributed by atoms with Gasteiger partial charge in [-0.3, -0.25) is 4.79 Å². The SMILES string of the molecule is COc1ccc2c(=O)n(S(=O)(=O)c3ccc(C(=O)O)c(N)c3)c(=O)[nH]c2c1. The zero-order valence-electron chi connectivity index (χ0n) is 13.8. The van der Waals surface area contributed by atoms with E-state index in [-0.39, 0.29) is 26.1 Å². The fraction of sp³-hybridized carbons (Fsp3) is 0.0625. The molecule has 2 aromatic carbocycles. The number of methoxy groups -OCH3 is 1. The highest BCUT2D eigenvalue weighted by Crippen LogP contribution is 2.20. The summed E-state index contributed by atoms with van der Waals surface area (Å²) in [5.74, 6) is -0.971.